The maximum absolute atomic E-state index is 12.6. The van der Waals surface area contributed by atoms with Crippen molar-refractivity contribution in [3.63, 3.8) is 0 Å². The highest BCUT2D eigenvalue weighted by atomic mass is 35.5. The summed E-state index contributed by atoms with van der Waals surface area (Å²) in [5, 5.41) is 3.45. The lowest BCUT2D eigenvalue weighted by molar-refractivity contribution is -0.120. The number of carbonyl (C=O) groups excluding carboxylic acids is 1. The summed E-state index contributed by atoms with van der Waals surface area (Å²) in [6, 6.07) is 13.3. The Labute approximate surface area is 154 Å². The van der Waals surface area contributed by atoms with Gasteiger partial charge in [-0.15, -0.1) is 0 Å². The van der Waals surface area contributed by atoms with E-state index < -0.39 is 0 Å². The number of likely N-dealkylation sites (N-methyl/N-ethyl adjacent to an activating group) is 1. The number of aryl methyl sites for hydroxylation is 1. The first-order valence-electron chi connectivity index (χ1n) is 8.37. The van der Waals surface area contributed by atoms with Crippen LogP contribution in [0.2, 0.25) is 5.02 Å². The van der Waals surface area contributed by atoms with Crippen molar-refractivity contribution in [2.45, 2.75) is 32.9 Å². The Balaban J connectivity index is 2.02. The molecule has 0 unspecified atom stereocenters. The van der Waals surface area contributed by atoms with Gasteiger partial charge in [0.1, 0.15) is 5.75 Å². The summed E-state index contributed by atoms with van der Waals surface area (Å²) in [5.74, 6) is 0.482. The molecule has 2 aromatic rings. The number of benzene rings is 2. The van der Waals surface area contributed by atoms with Crippen molar-refractivity contribution in [1.82, 2.24) is 4.90 Å². The van der Waals surface area contributed by atoms with E-state index in [1.165, 1.54) is 11.1 Å². The van der Waals surface area contributed by atoms with Crippen molar-refractivity contribution < 1.29 is 9.53 Å². The smallest absolute Gasteiger partial charge is 0.241 e. The molecule has 0 fully saturated rings. The van der Waals surface area contributed by atoms with Gasteiger partial charge < -0.3 is 10.1 Å². The van der Waals surface area contributed by atoms with Gasteiger partial charge in [-0.25, -0.2) is 0 Å². The first-order valence-corrected chi connectivity index (χ1v) is 8.74. The number of anilines is 1. The van der Waals surface area contributed by atoms with Gasteiger partial charge in [-0.05, 0) is 49.7 Å². The van der Waals surface area contributed by atoms with Crippen molar-refractivity contribution in [1.29, 1.82) is 0 Å². The van der Waals surface area contributed by atoms with Crippen molar-refractivity contribution in [3.8, 4) is 5.75 Å². The monoisotopic (exact) mass is 360 g/mol. The number of carbonyl (C=O) groups is 1. The molecule has 1 N–H and O–H groups in total. The summed E-state index contributed by atoms with van der Waals surface area (Å²) in [5.41, 5.74) is 3.07. The molecule has 0 aliphatic heterocycles. The van der Waals surface area contributed by atoms with E-state index >= 15 is 0 Å². The third-order valence-electron chi connectivity index (χ3n) is 4.32. The van der Waals surface area contributed by atoms with Crippen LogP contribution in [0.1, 0.15) is 25.0 Å². The predicted molar refractivity (Wildman–Crippen MR) is 103 cm³/mol. The van der Waals surface area contributed by atoms with Gasteiger partial charge in [0.25, 0.3) is 0 Å². The molecule has 0 aliphatic carbocycles. The number of hydrogen-bond acceptors (Lipinski definition) is 3. The predicted octanol–water partition coefficient (Wildman–Crippen LogP) is 4.37. The Hall–Kier alpha value is -2.04. The van der Waals surface area contributed by atoms with E-state index in [4.69, 9.17) is 16.3 Å². The average molecular weight is 361 g/mol. The van der Waals surface area contributed by atoms with Crippen LogP contribution in [0.4, 0.5) is 5.69 Å². The second kappa shape index (κ2) is 8.88. The lowest BCUT2D eigenvalue weighted by Crippen LogP contribution is -2.39. The standard InChI is InChI=1S/C20H25ClN2O2/c1-5-15-6-8-16(9-7-15)13-23(3)14(2)20(24)22-18-12-17(21)10-11-19(18)25-4/h6-12,14H,5,13H2,1-4H3,(H,22,24)/t14-/m0/s1. The molecule has 5 heteroatoms. The lowest BCUT2D eigenvalue weighted by atomic mass is 10.1. The number of hydrogen-bond donors (Lipinski definition) is 1. The Kier molecular flexibility index (Phi) is 6.85. The number of nitrogens with one attached hydrogen (secondary N) is 1. The summed E-state index contributed by atoms with van der Waals surface area (Å²) in [7, 11) is 3.50. The maximum atomic E-state index is 12.6. The Bertz CT molecular complexity index is 716. The second-order valence-corrected chi connectivity index (χ2v) is 6.53. The van der Waals surface area contributed by atoms with Crippen molar-refractivity contribution >= 4 is 23.2 Å². The minimum atomic E-state index is -0.297. The number of amides is 1. The molecular weight excluding hydrogens is 336 g/mol. The number of halogens is 1. The van der Waals surface area contributed by atoms with E-state index in [2.05, 4.69) is 36.5 Å². The molecule has 0 radical (unpaired) electrons. The van der Waals surface area contributed by atoms with Crippen molar-refractivity contribution in [3.05, 3.63) is 58.6 Å². The zero-order chi connectivity index (χ0) is 18.4. The summed E-state index contributed by atoms with van der Waals surface area (Å²) >= 11 is 6.01. The number of rotatable bonds is 7. The highest BCUT2D eigenvalue weighted by molar-refractivity contribution is 6.31. The maximum Gasteiger partial charge on any atom is 0.241 e. The van der Waals surface area contributed by atoms with Gasteiger partial charge in [0, 0.05) is 11.6 Å². The first kappa shape index (κ1) is 19.3. The van der Waals surface area contributed by atoms with Crippen LogP contribution in [0.15, 0.2) is 42.5 Å². The Morgan fingerprint density at radius 3 is 2.44 bits per heavy atom. The number of methoxy groups -OCH3 is 1. The molecule has 134 valence electrons. The average Bonchev–Trinajstić information content (AvgIpc) is 2.61. The summed E-state index contributed by atoms with van der Waals surface area (Å²) in [6.45, 7) is 4.72. The summed E-state index contributed by atoms with van der Waals surface area (Å²) in [6.07, 6.45) is 1.02. The van der Waals surface area contributed by atoms with Crippen LogP contribution in [0, 0.1) is 0 Å². The zero-order valence-corrected chi connectivity index (χ0v) is 15.9. The van der Waals surface area contributed by atoms with E-state index in [-0.39, 0.29) is 11.9 Å². The van der Waals surface area contributed by atoms with Crippen LogP contribution in [0.25, 0.3) is 0 Å². The molecule has 2 rings (SSSR count). The molecule has 0 aromatic heterocycles. The quantitative estimate of drug-likeness (QED) is 0.797. The van der Waals surface area contributed by atoms with Gasteiger partial charge in [0.2, 0.25) is 5.91 Å². The van der Waals surface area contributed by atoms with Crippen LogP contribution in [0.3, 0.4) is 0 Å². The van der Waals surface area contributed by atoms with E-state index in [0.717, 1.165) is 6.42 Å². The SMILES string of the molecule is CCc1ccc(CN(C)[C@@H](C)C(=O)Nc2cc(Cl)ccc2OC)cc1. The fourth-order valence-corrected chi connectivity index (χ4v) is 2.69. The fourth-order valence-electron chi connectivity index (χ4n) is 2.52. The van der Waals surface area contributed by atoms with E-state index in [0.29, 0.717) is 23.0 Å². The Morgan fingerprint density at radius 2 is 1.84 bits per heavy atom. The van der Waals surface area contributed by atoms with Crippen molar-refractivity contribution in [2.75, 3.05) is 19.5 Å². The van der Waals surface area contributed by atoms with E-state index in [9.17, 15) is 4.79 Å². The summed E-state index contributed by atoms with van der Waals surface area (Å²) in [4.78, 5) is 14.6. The third kappa shape index (κ3) is 5.21. The highest BCUT2D eigenvalue weighted by Crippen LogP contribution is 2.28. The van der Waals surface area contributed by atoms with Gasteiger partial charge in [-0.3, -0.25) is 9.69 Å². The first-order chi connectivity index (χ1) is 11.9. The topological polar surface area (TPSA) is 41.6 Å². The van der Waals surface area contributed by atoms with Gasteiger partial charge in [-0.2, -0.15) is 0 Å². The van der Waals surface area contributed by atoms with Crippen LogP contribution >= 0.6 is 11.6 Å². The molecule has 0 aliphatic rings. The van der Waals surface area contributed by atoms with Gasteiger partial charge >= 0.3 is 0 Å². The molecule has 0 heterocycles. The molecule has 0 spiro atoms. The molecular formula is C20H25ClN2O2. The van der Waals surface area contributed by atoms with Gasteiger partial charge in [0.15, 0.2) is 0 Å². The number of nitrogens with zero attached hydrogens (tertiary/aromatic N) is 1. The normalized spacial score (nSPS) is 12.1. The van der Waals surface area contributed by atoms with Crippen molar-refractivity contribution in [2.24, 2.45) is 0 Å². The van der Waals surface area contributed by atoms with E-state index in [1.807, 2.05) is 18.9 Å². The van der Waals surface area contributed by atoms with Gasteiger partial charge in [0.05, 0.1) is 18.8 Å². The highest BCUT2D eigenvalue weighted by Gasteiger charge is 2.19. The van der Waals surface area contributed by atoms with Crippen LogP contribution in [-0.2, 0) is 17.8 Å². The van der Waals surface area contributed by atoms with Gasteiger partial charge in [-0.1, -0.05) is 42.8 Å². The molecule has 25 heavy (non-hydrogen) atoms. The molecule has 0 saturated carbocycles. The summed E-state index contributed by atoms with van der Waals surface area (Å²) < 4.78 is 5.27. The van der Waals surface area contributed by atoms with Crippen LogP contribution in [-0.4, -0.2) is 31.0 Å². The molecule has 1 amide bonds. The molecule has 2 aromatic carbocycles. The van der Waals surface area contributed by atoms with E-state index in [1.54, 1.807) is 25.3 Å². The second-order valence-electron chi connectivity index (χ2n) is 6.09. The third-order valence-corrected chi connectivity index (χ3v) is 4.56. The molecule has 4 nitrogen and oxygen atoms in total. The number of ether oxygens (including phenoxy) is 1. The zero-order valence-electron chi connectivity index (χ0n) is 15.2. The molecule has 0 bridgehead atoms. The fraction of sp³-hybridized carbons (Fsp3) is 0.350. The Morgan fingerprint density at radius 1 is 1.20 bits per heavy atom. The minimum Gasteiger partial charge on any atom is -0.495 e. The minimum absolute atomic E-state index is 0.103. The lowest BCUT2D eigenvalue weighted by Gasteiger charge is -2.24. The van der Waals surface area contributed by atoms with Crippen LogP contribution in [0.5, 0.6) is 5.75 Å². The molecule has 1 atom stereocenters. The molecule has 0 saturated heterocycles. The largest absolute Gasteiger partial charge is 0.495 e. The van der Waals surface area contributed by atoms with Crippen LogP contribution < -0.4 is 10.1 Å².